The van der Waals surface area contributed by atoms with E-state index in [2.05, 4.69) is 28.4 Å². The highest BCUT2D eigenvalue weighted by atomic mass is 16.6. The highest BCUT2D eigenvalue weighted by Crippen LogP contribution is 2.33. The number of fused-ring (bicyclic) bond motifs is 1. The van der Waals surface area contributed by atoms with Crippen LogP contribution in [0.1, 0.15) is 31.6 Å². The molecule has 3 atom stereocenters. The number of aliphatic hydroxyl groups is 1. The number of nitriles is 1. The summed E-state index contributed by atoms with van der Waals surface area (Å²) < 4.78 is 20.3. The number of rotatable bonds is 7. The quantitative estimate of drug-likeness (QED) is 0.565. The van der Waals surface area contributed by atoms with Crippen molar-refractivity contribution in [3.05, 3.63) is 24.2 Å². The number of aliphatic hydroxyl groups excluding tert-OH is 1. The van der Waals surface area contributed by atoms with Crippen LogP contribution < -0.4 is 10.1 Å². The minimum absolute atomic E-state index is 0.0376. The summed E-state index contributed by atoms with van der Waals surface area (Å²) in [5.74, 6) is 1.03. The van der Waals surface area contributed by atoms with Crippen LogP contribution in [-0.2, 0) is 9.47 Å². The second-order valence-corrected chi connectivity index (χ2v) is 8.33. The smallest absolute Gasteiger partial charge is 0.257 e. The number of hydrogen-bond acceptors (Lipinski definition) is 9. The summed E-state index contributed by atoms with van der Waals surface area (Å²) >= 11 is 0. The summed E-state index contributed by atoms with van der Waals surface area (Å²) in [5, 5.41) is 27.6. The summed E-state index contributed by atoms with van der Waals surface area (Å²) in [6, 6.07) is 3.89. The Morgan fingerprint density at radius 1 is 1.34 bits per heavy atom. The maximum atomic E-state index is 9.66. The van der Waals surface area contributed by atoms with Crippen molar-refractivity contribution in [2.45, 2.75) is 32.0 Å². The minimum Gasteiger partial charge on any atom is -0.467 e. The van der Waals surface area contributed by atoms with Gasteiger partial charge in [0.2, 0.25) is 5.95 Å². The molecule has 0 amide bonds. The molecule has 3 aromatic rings. The van der Waals surface area contributed by atoms with Gasteiger partial charge >= 0.3 is 0 Å². The second-order valence-electron chi connectivity index (χ2n) is 8.33. The van der Waals surface area contributed by atoms with Crippen molar-refractivity contribution in [3.63, 3.8) is 0 Å². The molecule has 0 aliphatic carbocycles. The number of hydrogen-bond donors (Lipinski definition) is 2. The van der Waals surface area contributed by atoms with Crippen LogP contribution in [0.25, 0.3) is 11.0 Å². The van der Waals surface area contributed by atoms with Crippen LogP contribution in [-0.4, -0.2) is 68.6 Å². The molecule has 2 fully saturated rings. The van der Waals surface area contributed by atoms with Crippen LogP contribution in [0, 0.1) is 17.2 Å². The van der Waals surface area contributed by atoms with Gasteiger partial charge in [-0.05, 0) is 13.0 Å². The van der Waals surface area contributed by atoms with Crippen LogP contribution in [0.5, 0.6) is 5.88 Å². The third kappa shape index (κ3) is 3.66. The van der Waals surface area contributed by atoms with Crippen molar-refractivity contribution in [3.8, 4) is 11.9 Å². The first-order valence-corrected chi connectivity index (χ1v) is 10.6. The van der Waals surface area contributed by atoms with Gasteiger partial charge in [-0.25, -0.2) is 4.98 Å². The lowest BCUT2D eigenvalue weighted by Crippen LogP contribution is -2.38. The second kappa shape index (κ2) is 8.38. The van der Waals surface area contributed by atoms with Gasteiger partial charge in [0.1, 0.15) is 29.2 Å². The van der Waals surface area contributed by atoms with Gasteiger partial charge < -0.3 is 29.2 Å². The minimum atomic E-state index is -0.215. The van der Waals surface area contributed by atoms with Crippen LogP contribution >= 0.6 is 0 Å². The topological polar surface area (TPSA) is 132 Å². The molecule has 5 heterocycles. The standard InChI is InChI=1S/C21H25N7O4/c1-12-8-30-11-18(12)28-15(4-22)3-14-5-23-21(25-19(14)28)24-17-6-27(13(2)7-29)26-20(17)32-16-9-31-10-16/h3,5-6,12-13,16,18,29H,7-11H2,1-2H3,(H,23,24,25)/t12-,13?,18-/m0/s1. The Kier molecular flexibility index (Phi) is 5.42. The van der Waals surface area contributed by atoms with Crippen molar-refractivity contribution in [2.75, 3.05) is 38.4 Å². The third-order valence-electron chi connectivity index (χ3n) is 5.89. The Morgan fingerprint density at radius 3 is 2.81 bits per heavy atom. The highest BCUT2D eigenvalue weighted by molar-refractivity contribution is 5.79. The first kappa shape index (κ1) is 20.7. The molecular weight excluding hydrogens is 414 g/mol. The van der Waals surface area contributed by atoms with E-state index in [0.29, 0.717) is 55.3 Å². The van der Waals surface area contributed by atoms with Gasteiger partial charge in [-0.15, -0.1) is 5.10 Å². The molecule has 0 saturated carbocycles. The van der Waals surface area contributed by atoms with Crippen LogP contribution in [0.4, 0.5) is 11.6 Å². The lowest BCUT2D eigenvalue weighted by Gasteiger charge is -2.26. The zero-order valence-electron chi connectivity index (χ0n) is 17.9. The van der Waals surface area contributed by atoms with E-state index in [0.717, 1.165) is 5.39 Å². The molecule has 0 bridgehead atoms. The zero-order valence-corrected chi connectivity index (χ0v) is 17.9. The summed E-state index contributed by atoms with van der Waals surface area (Å²) in [6.45, 7) is 6.12. The molecule has 11 heteroatoms. The van der Waals surface area contributed by atoms with E-state index in [1.54, 1.807) is 23.1 Å². The van der Waals surface area contributed by atoms with Crippen LogP contribution in [0.2, 0.25) is 0 Å². The van der Waals surface area contributed by atoms with E-state index in [1.165, 1.54) is 0 Å². The first-order chi connectivity index (χ1) is 15.6. The first-order valence-electron chi connectivity index (χ1n) is 10.6. The normalized spacial score (nSPS) is 21.9. The van der Waals surface area contributed by atoms with E-state index < -0.39 is 0 Å². The van der Waals surface area contributed by atoms with Crippen molar-refractivity contribution >= 4 is 22.7 Å². The van der Waals surface area contributed by atoms with Gasteiger partial charge in [-0.3, -0.25) is 4.68 Å². The highest BCUT2D eigenvalue weighted by Gasteiger charge is 2.30. The summed E-state index contributed by atoms with van der Waals surface area (Å²) in [4.78, 5) is 9.14. The molecule has 0 radical (unpaired) electrons. The molecule has 5 rings (SSSR count). The van der Waals surface area contributed by atoms with Gasteiger partial charge in [0.25, 0.3) is 5.88 Å². The Balaban J connectivity index is 1.50. The number of anilines is 2. The molecule has 2 N–H and O–H groups in total. The molecule has 2 aliphatic heterocycles. The zero-order chi connectivity index (χ0) is 22.2. The van der Waals surface area contributed by atoms with E-state index in [9.17, 15) is 10.4 Å². The molecular formula is C21H25N7O4. The molecule has 2 aliphatic rings. The molecule has 1 unspecified atom stereocenters. The summed E-state index contributed by atoms with van der Waals surface area (Å²) in [7, 11) is 0. The molecule has 3 aromatic heterocycles. The Hall–Kier alpha value is -3.20. The number of ether oxygens (including phenoxy) is 3. The fourth-order valence-electron chi connectivity index (χ4n) is 3.89. The Labute approximate surface area is 184 Å². The van der Waals surface area contributed by atoms with Gasteiger partial charge in [0.05, 0.1) is 51.3 Å². The maximum Gasteiger partial charge on any atom is 0.257 e. The number of aromatic nitrogens is 5. The van der Waals surface area contributed by atoms with Crippen molar-refractivity contribution in [2.24, 2.45) is 5.92 Å². The number of nitrogens with zero attached hydrogens (tertiary/aromatic N) is 6. The van der Waals surface area contributed by atoms with Crippen molar-refractivity contribution < 1.29 is 19.3 Å². The fourth-order valence-corrected chi connectivity index (χ4v) is 3.89. The predicted octanol–water partition coefficient (Wildman–Crippen LogP) is 1.78. The van der Waals surface area contributed by atoms with Crippen molar-refractivity contribution in [1.29, 1.82) is 5.26 Å². The maximum absolute atomic E-state index is 9.66. The number of nitrogens with one attached hydrogen (secondary N) is 1. The van der Waals surface area contributed by atoms with Gasteiger partial charge in [-0.1, -0.05) is 6.92 Å². The van der Waals surface area contributed by atoms with Crippen LogP contribution in [0.15, 0.2) is 18.5 Å². The molecule has 2 saturated heterocycles. The molecule has 11 nitrogen and oxygen atoms in total. The Morgan fingerprint density at radius 2 is 2.16 bits per heavy atom. The Bertz CT molecular complexity index is 1160. The van der Waals surface area contributed by atoms with Crippen LogP contribution in [0.3, 0.4) is 0 Å². The monoisotopic (exact) mass is 439 g/mol. The van der Waals surface area contributed by atoms with E-state index in [1.807, 2.05) is 11.5 Å². The largest absolute Gasteiger partial charge is 0.467 e. The van der Waals surface area contributed by atoms with Gasteiger partial charge in [0.15, 0.2) is 0 Å². The third-order valence-corrected chi connectivity index (χ3v) is 5.89. The van der Waals surface area contributed by atoms with Gasteiger partial charge in [-0.2, -0.15) is 10.2 Å². The van der Waals surface area contributed by atoms with E-state index in [-0.39, 0.29) is 30.7 Å². The summed E-state index contributed by atoms with van der Waals surface area (Å²) in [5.41, 5.74) is 1.80. The summed E-state index contributed by atoms with van der Waals surface area (Å²) in [6.07, 6.45) is 3.39. The lowest BCUT2D eigenvalue weighted by atomic mass is 10.1. The molecule has 0 spiro atoms. The van der Waals surface area contributed by atoms with E-state index in [4.69, 9.17) is 19.2 Å². The average molecular weight is 439 g/mol. The molecule has 0 aromatic carbocycles. The SMILES string of the molecule is CC(CO)n1cc(Nc2ncc3cc(C#N)n([C@H]4COC[C@@H]4C)c3n2)c(OC2COC2)n1. The predicted molar refractivity (Wildman–Crippen MR) is 114 cm³/mol. The lowest BCUT2D eigenvalue weighted by molar-refractivity contribution is -0.0813. The fraction of sp³-hybridized carbons (Fsp3) is 0.524. The van der Waals surface area contributed by atoms with Gasteiger partial charge in [0, 0.05) is 17.5 Å². The molecule has 168 valence electrons. The average Bonchev–Trinajstić information content (AvgIpc) is 3.46. The van der Waals surface area contributed by atoms with E-state index >= 15 is 0 Å². The van der Waals surface area contributed by atoms with Crippen molar-refractivity contribution in [1.82, 2.24) is 24.3 Å². The molecule has 32 heavy (non-hydrogen) atoms.